The molecule has 1 aliphatic rings. The summed E-state index contributed by atoms with van der Waals surface area (Å²) in [7, 11) is -1.75. The standard InChI is InChI=1S/C12H17ClN2O2S/c1-14(10-11-6-2-3-7-12(11)13)18(16,17)15-8-4-5-9-15/h2-3,6-7H,4-5,8-10H2,1H3. The lowest BCUT2D eigenvalue weighted by Gasteiger charge is -2.24. The van der Waals surface area contributed by atoms with E-state index < -0.39 is 10.2 Å². The van der Waals surface area contributed by atoms with Crippen molar-refractivity contribution < 1.29 is 8.42 Å². The molecule has 0 aliphatic carbocycles. The molecular weight excluding hydrogens is 272 g/mol. The molecule has 2 rings (SSSR count). The molecule has 6 heteroatoms. The highest BCUT2D eigenvalue weighted by molar-refractivity contribution is 7.86. The molecule has 1 aliphatic heterocycles. The summed E-state index contributed by atoms with van der Waals surface area (Å²) in [6, 6.07) is 7.31. The van der Waals surface area contributed by atoms with Gasteiger partial charge in [-0.05, 0) is 24.5 Å². The summed E-state index contributed by atoms with van der Waals surface area (Å²) in [6.45, 7) is 1.54. The molecule has 18 heavy (non-hydrogen) atoms. The quantitative estimate of drug-likeness (QED) is 0.851. The van der Waals surface area contributed by atoms with Gasteiger partial charge in [0, 0.05) is 31.7 Å². The predicted molar refractivity (Wildman–Crippen MR) is 72.6 cm³/mol. The molecule has 0 aromatic heterocycles. The van der Waals surface area contributed by atoms with E-state index in [-0.39, 0.29) is 0 Å². The third-order valence-electron chi connectivity index (χ3n) is 3.14. The lowest BCUT2D eigenvalue weighted by Crippen LogP contribution is -2.39. The highest BCUT2D eigenvalue weighted by atomic mass is 35.5. The highest BCUT2D eigenvalue weighted by Crippen LogP contribution is 2.20. The maximum Gasteiger partial charge on any atom is 0.282 e. The van der Waals surface area contributed by atoms with Gasteiger partial charge in [0.25, 0.3) is 10.2 Å². The van der Waals surface area contributed by atoms with E-state index in [2.05, 4.69) is 0 Å². The number of halogens is 1. The zero-order valence-corrected chi connectivity index (χ0v) is 11.9. The Morgan fingerprint density at radius 1 is 1.28 bits per heavy atom. The lowest BCUT2D eigenvalue weighted by atomic mass is 10.2. The first-order valence-corrected chi connectivity index (χ1v) is 7.74. The van der Waals surface area contributed by atoms with Gasteiger partial charge >= 0.3 is 0 Å². The molecule has 0 saturated carbocycles. The molecule has 0 unspecified atom stereocenters. The Balaban J connectivity index is 2.12. The van der Waals surface area contributed by atoms with Crippen LogP contribution in [0.3, 0.4) is 0 Å². The van der Waals surface area contributed by atoms with Crippen molar-refractivity contribution >= 4 is 21.8 Å². The van der Waals surface area contributed by atoms with Gasteiger partial charge in [-0.2, -0.15) is 17.0 Å². The third kappa shape index (κ3) is 2.85. The number of hydrogen-bond donors (Lipinski definition) is 0. The number of benzene rings is 1. The van der Waals surface area contributed by atoms with Crippen molar-refractivity contribution in [2.45, 2.75) is 19.4 Å². The van der Waals surface area contributed by atoms with Crippen LogP contribution in [-0.4, -0.2) is 37.2 Å². The van der Waals surface area contributed by atoms with E-state index in [1.54, 1.807) is 13.1 Å². The van der Waals surface area contributed by atoms with Crippen LogP contribution in [0.25, 0.3) is 0 Å². The van der Waals surface area contributed by atoms with Crippen molar-refractivity contribution in [3.63, 3.8) is 0 Å². The van der Waals surface area contributed by atoms with E-state index in [0.717, 1.165) is 18.4 Å². The van der Waals surface area contributed by atoms with Crippen LogP contribution >= 0.6 is 11.6 Å². The molecule has 0 radical (unpaired) electrons. The molecule has 100 valence electrons. The van der Waals surface area contributed by atoms with Crippen LogP contribution in [0.15, 0.2) is 24.3 Å². The molecule has 0 atom stereocenters. The maximum atomic E-state index is 12.3. The Labute approximate surface area is 113 Å². The van der Waals surface area contributed by atoms with E-state index >= 15 is 0 Å². The van der Waals surface area contributed by atoms with Crippen LogP contribution < -0.4 is 0 Å². The van der Waals surface area contributed by atoms with Crippen molar-refractivity contribution in [2.24, 2.45) is 0 Å². The molecular formula is C12H17ClN2O2S. The first kappa shape index (κ1) is 13.8. The summed E-state index contributed by atoms with van der Waals surface area (Å²) >= 11 is 6.04. The molecule has 1 saturated heterocycles. The summed E-state index contributed by atoms with van der Waals surface area (Å²) in [5.41, 5.74) is 0.824. The second kappa shape index (κ2) is 5.57. The van der Waals surface area contributed by atoms with E-state index in [0.29, 0.717) is 24.7 Å². The minimum Gasteiger partial charge on any atom is -0.195 e. The second-order valence-electron chi connectivity index (χ2n) is 4.46. The molecule has 1 aromatic rings. The van der Waals surface area contributed by atoms with Gasteiger partial charge in [-0.15, -0.1) is 0 Å². The third-order valence-corrected chi connectivity index (χ3v) is 5.44. The molecule has 0 spiro atoms. The van der Waals surface area contributed by atoms with Crippen LogP contribution in [0.4, 0.5) is 0 Å². The van der Waals surface area contributed by atoms with E-state index in [1.165, 1.54) is 8.61 Å². The van der Waals surface area contributed by atoms with Gasteiger partial charge in [-0.3, -0.25) is 0 Å². The van der Waals surface area contributed by atoms with Crippen LogP contribution in [0.5, 0.6) is 0 Å². The van der Waals surface area contributed by atoms with Crippen LogP contribution in [0, 0.1) is 0 Å². The molecule has 1 heterocycles. The zero-order valence-electron chi connectivity index (χ0n) is 10.3. The predicted octanol–water partition coefficient (Wildman–Crippen LogP) is 2.11. The van der Waals surface area contributed by atoms with Crippen molar-refractivity contribution in [3.8, 4) is 0 Å². The van der Waals surface area contributed by atoms with Crippen molar-refractivity contribution in [1.82, 2.24) is 8.61 Å². The SMILES string of the molecule is CN(Cc1ccccc1Cl)S(=O)(=O)N1CCCC1. The average molecular weight is 289 g/mol. The summed E-state index contributed by atoms with van der Waals surface area (Å²) in [5.74, 6) is 0. The number of hydrogen-bond acceptors (Lipinski definition) is 2. The number of rotatable bonds is 4. The summed E-state index contributed by atoms with van der Waals surface area (Å²) in [6.07, 6.45) is 1.89. The van der Waals surface area contributed by atoms with E-state index in [4.69, 9.17) is 11.6 Å². The van der Waals surface area contributed by atoms with Gasteiger partial charge < -0.3 is 0 Å². The van der Waals surface area contributed by atoms with Crippen LogP contribution in [0.2, 0.25) is 5.02 Å². The van der Waals surface area contributed by atoms with Crippen molar-refractivity contribution in [1.29, 1.82) is 0 Å². The minimum atomic E-state index is -3.35. The smallest absolute Gasteiger partial charge is 0.195 e. The largest absolute Gasteiger partial charge is 0.282 e. The van der Waals surface area contributed by atoms with E-state index in [1.807, 2.05) is 18.2 Å². The van der Waals surface area contributed by atoms with E-state index in [9.17, 15) is 8.42 Å². The Bertz CT molecular complexity index is 513. The Hall–Kier alpha value is -0.620. The molecule has 0 bridgehead atoms. The number of nitrogens with zero attached hydrogens (tertiary/aromatic N) is 2. The van der Waals surface area contributed by atoms with Gasteiger partial charge in [-0.25, -0.2) is 0 Å². The van der Waals surface area contributed by atoms with Gasteiger partial charge in [0.2, 0.25) is 0 Å². The fraction of sp³-hybridized carbons (Fsp3) is 0.500. The molecule has 0 amide bonds. The second-order valence-corrected chi connectivity index (χ2v) is 6.90. The fourth-order valence-corrected chi connectivity index (χ4v) is 3.68. The summed E-state index contributed by atoms with van der Waals surface area (Å²) in [5, 5.41) is 0.598. The van der Waals surface area contributed by atoms with Crippen molar-refractivity contribution in [3.05, 3.63) is 34.9 Å². The van der Waals surface area contributed by atoms with Gasteiger partial charge in [-0.1, -0.05) is 29.8 Å². The molecule has 0 N–H and O–H groups in total. The monoisotopic (exact) mass is 288 g/mol. The lowest BCUT2D eigenvalue weighted by molar-refractivity contribution is 0.392. The normalized spacial score (nSPS) is 17.5. The molecule has 1 fully saturated rings. The fourth-order valence-electron chi connectivity index (χ4n) is 2.06. The van der Waals surface area contributed by atoms with Crippen LogP contribution in [-0.2, 0) is 16.8 Å². The van der Waals surface area contributed by atoms with Gasteiger partial charge in [0.15, 0.2) is 0 Å². The van der Waals surface area contributed by atoms with Crippen LogP contribution in [0.1, 0.15) is 18.4 Å². The van der Waals surface area contributed by atoms with Gasteiger partial charge in [0.1, 0.15) is 0 Å². The van der Waals surface area contributed by atoms with Gasteiger partial charge in [0.05, 0.1) is 0 Å². The average Bonchev–Trinajstić information content (AvgIpc) is 2.86. The first-order chi connectivity index (χ1) is 8.51. The Morgan fingerprint density at radius 3 is 2.50 bits per heavy atom. The summed E-state index contributed by atoms with van der Waals surface area (Å²) in [4.78, 5) is 0. The molecule has 4 nitrogen and oxygen atoms in total. The Kier molecular flexibility index (Phi) is 4.27. The summed E-state index contributed by atoms with van der Waals surface area (Å²) < 4.78 is 27.4. The molecule has 1 aromatic carbocycles. The zero-order chi connectivity index (χ0) is 13.2. The minimum absolute atomic E-state index is 0.304. The Morgan fingerprint density at radius 2 is 1.89 bits per heavy atom. The highest BCUT2D eigenvalue weighted by Gasteiger charge is 2.29. The first-order valence-electron chi connectivity index (χ1n) is 5.96. The maximum absolute atomic E-state index is 12.3. The topological polar surface area (TPSA) is 40.6 Å². The van der Waals surface area contributed by atoms with Crippen molar-refractivity contribution in [2.75, 3.05) is 20.1 Å².